The molecule has 1 N–H and O–H groups in total. The van der Waals surface area contributed by atoms with Crippen LogP contribution in [0.25, 0.3) is 0 Å². The Balaban J connectivity index is 2.49. The Morgan fingerprint density at radius 1 is 1.19 bits per heavy atom. The van der Waals surface area contributed by atoms with Gasteiger partial charge in [0.1, 0.15) is 0 Å². The standard InChI is InChI=1S/C19H39NO/c1-6-8-9-17(7-2)14-21-19(15-20-5)12-10-18(11-13-19)16(3)4/h16-18,20H,6-15H2,1-5H3. The number of hydrogen-bond donors (Lipinski definition) is 1. The van der Waals surface area contributed by atoms with Crippen LogP contribution in [-0.4, -0.2) is 25.8 Å². The lowest BCUT2D eigenvalue weighted by molar-refractivity contribution is -0.0917. The minimum absolute atomic E-state index is 0.111. The van der Waals surface area contributed by atoms with Crippen LogP contribution in [0.5, 0.6) is 0 Å². The summed E-state index contributed by atoms with van der Waals surface area (Å²) in [6.45, 7) is 11.3. The van der Waals surface area contributed by atoms with E-state index in [1.807, 2.05) is 0 Å². The normalized spacial score (nSPS) is 28.0. The van der Waals surface area contributed by atoms with Gasteiger partial charge in [0.25, 0.3) is 0 Å². The van der Waals surface area contributed by atoms with E-state index in [1.165, 1.54) is 51.4 Å². The zero-order valence-corrected chi connectivity index (χ0v) is 15.2. The summed E-state index contributed by atoms with van der Waals surface area (Å²) in [5, 5.41) is 3.38. The molecule has 1 aliphatic rings. The van der Waals surface area contributed by atoms with Crippen LogP contribution >= 0.6 is 0 Å². The summed E-state index contributed by atoms with van der Waals surface area (Å²) >= 11 is 0. The van der Waals surface area contributed by atoms with E-state index in [0.717, 1.165) is 30.9 Å². The Labute approximate surface area is 133 Å². The maximum Gasteiger partial charge on any atom is 0.0806 e. The van der Waals surface area contributed by atoms with Crippen molar-refractivity contribution >= 4 is 0 Å². The second-order valence-electron chi connectivity index (χ2n) is 7.52. The van der Waals surface area contributed by atoms with Crippen molar-refractivity contribution in [3.8, 4) is 0 Å². The first-order valence-electron chi connectivity index (χ1n) is 9.35. The molecule has 0 spiro atoms. The highest BCUT2D eigenvalue weighted by molar-refractivity contribution is 4.90. The first-order valence-corrected chi connectivity index (χ1v) is 9.35. The van der Waals surface area contributed by atoms with Gasteiger partial charge in [-0.25, -0.2) is 0 Å². The molecule has 0 aromatic rings. The van der Waals surface area contributed by atoms with Crippen LogP contribution in [0, 0.1) is 17.8 Å². The lowest BCUT2D eigenvalue weighted by Crippen LogP contribution is -2.46. The number of rotatable bonds is 10. The first kappa shape index (κ1) is 19.0. The lowest BCUT2D eigenvalue weighted by Gasteiger charge is -2.42. The van der Waals surface area contributed by atoms with Gasteiger partial charge in [-0.3, -0.25) is 0 Å². The Morgan fingerprint density at radius 2 is 1.86 bits per heavy atom. The van der Waals surface area contributed by atoms with Crippen molar-refractivity contribution in [1.29, 1.82) is 0 Å². The highest BCUT2D eigenvalue weighted by atomic mass is 16.5. The van der Waals surface area contributed by atoms with E-state index in [9.17, 15) is 0 Å². The Hall–Kier alpha value is -0.0800. The van der Waals surface area contributed by atoms with Gasteiger partial charge in [-0.1, -0.05) is 47.0 Å². The third-order valence-corrected chi connectivity index (χ3v) is 5.55. The fourth-order valence-electron chi connectivity index (χ4n) is 3.72. The van der Waals surface area contributed by atoms with E-state index in [0.29, 0.717) is 0 Å². The fraction of sp³-hybridized carbons (Fsp3) is 1.00. The molecule has 1 unspecified atom stereocenters. The molecule has 126 valence electrons. The van der Waals surface area contributed by atoms with Gasteiger partial charge >= 0.3 is 0 Å². The SMILES string of the molecule is CCCCC(CC)COC1(CNC)CCC(C(C)C)CC1. The summed E-state index contributed by atoms with van der Waals surface area (Å²) in [5.74, 6) is 2.48. The number of nitrogens with one attached hydrogen (secondary N) is 1. The van der Waals surface area contributed by atoms with Gasteiger partial charge in [-0.2, -0.15) is 0 Å². The third-order valence-electron chi connectivity index (χ3n) is 5.55. The summed E-state index contributed by atoms with van der Waals surface area (Å²) in [4.78, 5) is 0. The van der Waals surface area contributed by atoms with Gasteiger partial charge in [0.05, 0.1) is 12.2 Å². The molecule has 0 radical (unpaired) electrons. The van der Waals surface area contributed by atoms with Crippen molar-refractivity contribution in [3.63, 3.8) is 0 Å². The van der Waals surface area contributed by atoms with Gasteiger partial charge in [-0.15, -0.1) is 0 Å². The second kappa shape index (κ2) is 9.84. The molecule has 21 heavy (non-hydrogen) atoms. The molecule has 2 heteroatoms. The maximum absolute atomic E-state index is 6.53. The first-order chi connectivity index (χ1) is 10.1. The minimum Gasteiger partial charge on any atom is -0.373 e. The number of likely N-dealkylation sites (N-methyl/N-ethyl adjacent to an activating group) is 1. The highest BCUT2D eigenvalue weighted by Gasteiger charge is 2.36. The monoisotopic (exact) mass is 297 g/mol. The molecule has 2 nitrogen and oxygen atoms in total. The van der Waals surface area contributed by atoms with Crippen molar-refractivity contribution in [2.24, 2.45) is 17.8 Å². The molecule has 1 saturated carbocycles. The van der Waals surface area contributed by atoms with E-state index in [1.54, 1.807) is 0 Å². The van der Waals surface area contributed by atoms with Crippen LogP contribution in [0.15, 0.2) is 0 Å². The summed E-state index contributed by atoms with van der Waals surface area (Å²) in [7, 11) is 2.06. The predicted octanol–water partition coefficient (Wildman–Crippen LogP) is 5.02. The largest absolute Gasteiger partial charge is 0.373 e. The zero-order chi connectivity index (χ0) is 15.7. The minimum atomic E-state index is 0.111. The molecular weight excluding hydrogens is 258 g/mol. The van der Waals surface area contributed by atoms with Crippen molar-refractivity contribution < 1.29 is 4.74 Å². The van der Waals surface area contributed by atoms with E-state index < -0.39 is 0 Å². The topological polar surface area (TPSA) is 21.3 Å². The summed E-state index contributed by atoms with van der Waals surface area (Å²) < 4.78 is 6.53. The highest BCUT2D eigenvalue weighted by Crippen LogP contribution is 2.38. The maximum atomic E-state index is 6.53. The van der Waals surface area contributed by atoms with Crippen molar-refractivity contribution in [2.45, 2.75) is 84.7 Å². The quantitative estimate of drug-likeness (QED) is 0.611. The molecular formula is C19H39NO. The van der Waals surface area contributed by atoms with E-state index in [-0.39, 0.29) is 5.60 Å². The molecule has 1 atom stereocenters. The van der Waals surface area contributed by atoms with Gasteiger partial charge in [-0.05, 0) is 56.9 Å². The summed E-state index contributed by atoms with van der Waals surface area (Å²) in [6, 6.07) is 0. The zero-order valence-electron chi connectivity index (χ0n) is 15.2. The van der Waals surface area contributed by atoms with Crippen molar-refractivity contribution in [3.05, 3.63) is 0 Å². The van der Waals surface area contributed by atoms with Crippen LogP contribution in [-0.2, 0) is 4.74 Å². The molecule has 1 aliphatic carbocycles. The van der Waals surface area contributed by atoms with Crippen molar-refractivity contribution in [2.75, 3.05) is 20.2 Å². The Morgan fingerprint density at radius 3 is 2.33 bits per heavy atom. The van der Waals surface area contributed by atoms with Crippen molar-refractivity contribution in [1.82, 2.24) is 5.32 Å². The molecule has 0 aromatic carbocycles. The van der Waals surface area contributed by atoms with E-state index in [2.05, 4.69) is 40.1 Å². The molecule has 0 amide bonds. The predicted molar refractivity (Wildman–Crippen MR) is 92.7 cm³/mol. The average Bonchev–Trinajstić information content (AvgIpc) is 2.48. The Kier molecular flexibility index (Phi) is 8.89. The molecule has 0 heterocycles. The van der Waals surface area contributed by atoms with Gasteiger partial charge in [0.15, 0.2) is 0 Å². The molecule has 1 rings (SSSR count). The lowest BCUT2D eigenvalue weighted by atomic mass is 9.74. The number of unbranched alkanes of at least 4 members (excludes halogenated alkanes) is 1. The van der Waals surface area contributed by atoms with Gasteiger partial charge in [0.2, 0.25) is 0 Å². The molecule has 1 fully saturated rings. The second-order valence-corrected chi connectivity index (χ2v) is 7.52. The van der Waals surface area contributed by atoms with Gasteiger partial charge < -0.3 is 10.1 Å². The molecule has 0 aromatic heterocycles. The molecule has 0 saturated heterocycles. The smallest absolute Gasteiger partial charge is 0.0806 e. The van der Waals surface area contributed by atoms with Crippen LogP contribution in [0.1, 0.15) is 79.1 Å². The van der Waals surface area contributed by atoms with Crippen LogP contribution in [0.2, 0.25) is 0 Å². The van der Waals surface area contributed by atoms with Crippen LogP contribution < -0.4 is 5.32 Å². The van der Waals surface area contributed by atoms with Crippen LogP contribution in [0.4, 0.5) is 0 Å². The van der Waals surface area contributed by atoms with Gasteiger partial charge in [0, 0.05) is 6.54 Å². The van der Waals surface area contributed by atoms with Crippen LogP contribution in [0.3, 0.4) is 0 Å². The molecule has 0 bridgehead atoms. The third kappa shape index (κ3) is 6.28. The summed E-state index contributed by atoms with van der Waals surface area (Å²) in [6.07, 6.45) is 10.4. The van der Waals surface area contributed by atoms with E-state index >= 15 is 0 Å². The average molecular weight is 298 g/mol. The molecule has 0 aliphatic heterocycles. The summed E-state index contributed by atoms with van der Waals surface area (Å²) in [5.41, 5.74) is 0.111. The van der Waals surface area contributed by atoms with E-state index in [4.69, 9.17) is 4.74 Å². The number of ether oxygens (including phenoxy) is 1. The number of hydrogen-bond acceptors (Lipinski definition) is 2. The Bertz CT molecular complexity index is 256. The fourth-order valence-corrected chi connectivity index (χ4v) is 3.72.